The van der Waals surface area contributed by atoms with Crippen LogP contribution in [0.4, 0.5) is 0 Å². The number of fused-ring (bicyclic) bond motifs is 15. The first-order valence-corrected chi connectivity index (χ1v) is 19.0. The number of hydrogen-bond donors (Lipinski definition) is 0. The normalized spacial score (nSPS) is 12.3. The van der Waals surface area contributed by atoms with Crippen LogP contribution in [0, 0.1) is 0 Å². The van der Waals surface area contributed by atoms with Gasteiger partial charge in [-0.2, -0.15) is 0 Å². The first-order valence-electron chi connectivity index (χ1n) is 17.3. The minimum absolute atomic E-state index is 0.227. The van der Waals surface area contributed by atoms with Gasteiger partial charge >= 0.3 is 234 Å². The van der Waals surface area contributed by atoms with Gasteiger partial charge in [0, 0.05) is 5.39 Å². The van der Waals surface area contributed by atoms with Crippen LogP contribution in [0.1, 0.15) is 0 Å². The molecule has 51 heavy (non-hydrogen) atoms. The van der Waals surface area contributed by atoms with Crippen LogP contribution in [0.25, 0.3) is 107 Å². The van der Waals surface area contributed by atoms with E-state index in [1.165, 1.54) is 68.3 Å². The third kappa shape index (κ3) is 3.69. The molecule has 0 aliphatic rings. The van der Waals surface area contributed by atoms with E-state index in [2.05, 4.69) is 161 Å². The van der Waals surface area contributed by atoms with E-state index in [4.69, 9.17) is 9.97 Å². The van der Waals surface area contributed by atoms with Crippen LogP contribution in [-0.2, 0) is 0 Å². The number of nitrogens with zero attached hydrogens (tertiary/aromatic N) is 4. The van der Waals surface area contributed by atoms with E-state index in [9.17, 15) is 0 Å². The first-order chi connectivity index (χ1) is 25.3. The molecule has 0 saturated heterocycles. The summed E-state index contributed by atoms with van der Waals surface area (Å²) in [5, 5.41) is 12.2. The molecule has 0 saturated carbocycles. The molecule has 0 fully saturated rings. The van der Waals surface area contributed by atoms with Gasteiger partial charge in [0.25, 0.3) is 0 Å². The summed E-state index contributed by atoms with van der Waals surface area (Å²) in [7, 11) is 0. The van der Waals surface area contributed by atoms with Crippen LogP contribution in [0.3, 0.4) is 0 Å². The van der Waals surface area contributed by atoms with Gasteiger partial charge in [-0.1, -0.05) is 48.5 Å². The molecule has 0 aliphatic heterocycles. The molecule has 236 valence electrons. The fourth-order valence-corrected chi connectivity index (χ4v) is 11.1. The topological polar surface area (TPSA) is 35.6 Å². The summed E-state index contributed by atoms with van der Waals surface area (Å²) in [5.74, 6) is 0.818. The van der Waals surface area contributed by atoms with Crippen LogP contribution in [-0.4, -0.2) is 33.6 Å². The van der Waals surface area contributed by atoms with E-state index >= 15 is 0 Å². The fraction of sp³-hybridized carbons (Fsp3) is 0. The van der Waals surface area contributed by atoms with E-state index in [1.54, 1.807) is 0 Å². The molecule has 0 unspecified atom stereocenters. The average Bonchev–Trinajstić information content (AvgIpc) is 3.84. The quantitative estimate of drug-likeness (QED) is 0.132. The molecule has 0 bridgehead atoms. The number of benzene rings is 8. The molecule has 12 aromatic rings. The second kappa shape index (κ2) is 10.1. The van der Waals surface area contributed by atoms with Crippen molar-refractivity contribution in [2.45, 2.75) is 0 Å². The summed E-state index contributed by atoms with van der Waals surface area (Å²) >= 11 is 0.227. The Labute approximate surface area is 297 Å². The Morgan fingerprint density at radius 3 is 1.63 bits per heavy atom. The maximum absolute atomic E-state index is 5.45. The average molecular weight is 714 g/mol. The minimum atomic E-state index is 0.227. The van der Waals surface area contributed by atoms with E-state index in [1.807, 2.05) is 6.20 Å². The predicted molar refractivity (Wildman–Crippen MR) is 215 cm³/mol. The molecular weight excluding hydrogens is 687 g/mol. The fourth-order valence-electron chi connectivity index (χ4n) is 8.57. The number of aromatic nitrogens is 4. The second-order valence-corrected chi connectivity index (χ2v) is 15.6. The van der Waals surface area contributed by atoms with Crippen molar-refractivity contribution in [3.63, 3.8) is 0 Å². The molecule has 4 aromatic heterocycles. The summed E-state index contributed by atoms with van der Waals surface area (Å²) in [5.41, 5.74) is 7.81. The third-order valence-corrected chi connectivity index (χ3v) is 13.3. The van der Waals surface area contributed by atoms with Crippen molar-refractivity contribution in [2.75, 3.05) is 0 Å². The van der Waals surface area contributed by atoms with Gasteiger partial charge in [0.05, 0.1) is 0 Å². The summed E-state index contributed by atoms with van der Waals surface area (Å²) in [6.45, 7) is 0. The SMILES string of the molecule is c1ccc2c(c1)[se]c1c(-n3c4ccccc4c4cc5c(cc43)c3ccccc3n5-c3cnc4c5ccccc5c5ccccc5c4n3)cccc12. The Balaban J connectivity index is 1.20. The van der Waals surface area contributed by atoms with Gasteiger partial charge in [-0.25, -0.2) is 0 Å². The molecule has 0 N–H and O–H groups in total. The van der Waals surface area contributed by atoms with Gasteiger partial charge in [-0.05, 0) is 10.8 Å². The molecule has 0 aliphatic carbocycles. The molecule has 0 amide bonds. The predicted octanol–water partition coefficient (Wildman–Crippen LogP) is 11.5. The number of hydrogen-bond acceptors (Lipinski definition) is 2. The van der Waals surface area contributed by atoms with Crippen molar-refractivity contribution in [3.8, 4) is 11.5 Å². The third-order valence-electron chi connectivity index (χ3n) is 10.7. The molecule has 8 aromatic carbocycles. The van der Waals surface area contributed by atoms with Crippen LogP contribution in [0.5, 0.6) is 0 Å². The Hall–Kier alpha value is -6.26. The van der Waals surface area contributed by atoms with E-state index in [0.717, 1.165) is 38.7 Å². The Morgan fingerprint density at radius 2 is 0.922 bits per heavy atom. The summed E-state index contributed by atoms with van der Waals surface area (Å²) in [4.78, 5) is 10.6. The second-order valence-electron chi connectivity index (χ2n) is 13.4. The monoisotopic (exact) mass is 714 g/mol. The molecular formula is C46H26N4Se. The summed E-state index contributed by atoms with van der Waals surface area (Å²) in [6, 6.07) is 55.2. The van der Waals surface area contributed by atoms with Crippen LogP contribution >= 0.6 is 0 Å². The van der Waals surface area contributed by atoms with Gasteiger partial charge in [-0.3, -0.25) is 0 Å². The van der Waals surface area contributed by atoms with Gasteiger partial charge in [-0.15, -0.1) is 0 Å². The molecule has 0 atom stereocenters. The van der Waals surface area contributed by atoms with Crippen LogP contribution in [0.15, 0.2) is 158 Å². The molecule has 0 spiro atoms. The molecule has 5 heteroatoms. The van der Waals surface area contributed by atoms with E-state index in [0.29, 0.717) is 0 Å². The van der Waals surface area contributed by atoms with Crippen molar-refractivity contribution in [1.29, 1.82) is 0 Å². The van der Waals surface area contributed by atoms with E-state index in [-0.39, 0.29) is 14.5 Å². The van der Waals surface area contributed by atoms with Crippen LogP contribution < -0.4 is 0 Å². The Morgan fingerprint density at radius 1 is 0.392 bits per heavy atom. The molecule has 4 nitrogen and oxygen atoms in total. The van der Waals surface area contributed by atoms with Crippen molar-refractivity contribution in [1.82, 2.24) is 19.1 Å². The van der Waals surface area contributed by atoms with Crippen molar-refractivity contribution >= 4 is 110 Å². The Kier molecular flexibility index (Phi) is 5.48. The zero-order valence-corrected chi connectivity index (χ0v) is 28.9. The standard InChI is InChI=1S/C46H26N4Se/c1-3-17-32-27(12-1)28-13-2-4-18-33(28)45-44(32)47-26-43(48-45)50-38-21-9-6-15-30(38)36-24-40-35(25-41(36)50)29-14-5-8-20-37(29)49(40)39-22-11-19-34-31-16-7-10-23-42(31)51-46(34)39/h1-26H. The first kappa shape index (κ1) is 27.5. The van der Waals surface area contributed by atoms with E-state index < -0.39 is 0 Å². The number of para-hydroxylation sites is 2. The summed E-state index contributed by atoms with van der Waals surface area (Å²) < 4.78 is 7.72. The van der Waals surface area contributed by atoms with Crippen molar-refractivity contribution in [2.24, 2.45) is 0 Å². The molecule has 12 rings (SSSR count). The zero-order valence-electron chi connectivity index (χ0n) is 27.2. The maximum atomic E-state index is 5.45. The summed E-state index contributed by atoms with van der Waals surface area (Å²) in [6.07, 6.45) is 1.95. The van der Waals surface area contributed by atoms with Gasteiger partial charge < -0.3 is 0 Å². The van der Waals surface area contributed by atoms with Gasteiger partial charge in [0.15, 0.2) is 0 Å². The zero-order chi connectivity index (χ0) is 33.2. The molecule has 0 radical (unpaired) electrons. The number of rotatable bonds is 2. The van der Waals surface area contributed by atoms with Crippen LogP contribution in [0.2, 0.25) is 0 Å². The van der Waals surface area contributed by atoms with Gasteiger partial charge in [0.1, 0.15) is 0 Å². The molecule has 4 heterocycles. The van der Waals surface area contributed by atoms with Crippen molar-refractivity contribution in [3.05, 3.63) is 158 Å². The van der Waals surface area contributed by atoms with Gasteiger partial charge in [0.2, 0.25) is 0 Å². The Bertz CT molecular complexity index is 3400. The van der Waals surface area contributed by atoms with Crippen molar-refractivity contribution < 1.29 is 0 Å².